The zero-order chi connectivity index (χ0) is 33.9. The molecular weight excluding hydrogens is 646 g/mol. The van der Waals surface area contributed by atoms with Gasteiger partial charge in [0.2, 0.25) is 11.8 Å². The molecule has 10 heteroatoms. The molecule has 0 aliphatic rings. The summed E-state index contributed by atoms with van der Waals surface area (Å²) in [6, 6.07) is 39.1. The average molecular weight is 682 g/mol. The molecule has 5 aromatic carbocycles. The van der Waals surface area contributed by atoms with Crippen LogP contribution in [0.2, 0.25) is 5.02 Å². The lowest BCUT2D eigenvalue weighted by atomic mass is 10.0. The molecule has 0 bridgehead atoms. The van der Waals surface area contributed by atoms with Gasteiger partial charge in [0.15, 0.2) is 0 Å². The second-order valence-electron chi connectivity index (χ2n) is 11.0. The van der Waals surface area contributed by atoms with E-state index in [0.717, 1.165) is 9.87 Å². The number of para-hydroxylation sites is 1. The molecule has 0 saturated carbocycles. The van der Waals surface area contributed by atoms with Crippen LogP contribution in [-0.2, 0) is 32.6 Å². The molecule has 1 atom stereocenters. The van der Waals surface area contributed by atoms with Gasteiger partial charge in [-0.25, -0.2) is 8.42 Å². The molecule has 48 heavy (non-hydrogen) atoms. The lowest BCUT2D eigenvalue weighted by molar-refractivity contribution is -0.140. The summed E-state index contributed by atoms with van der Waals surface area (Å²) in [5.74, 6) is 0.207. The van der Waals surface area contributed by atoms with Gasteiger partial charge in [-0.15, -0.1) is 0 Å². The van der Waals surface area contributed by atoms with E-state index < -0.39 is 28.5 Å². The van der Waals surface area contributed by atoms with E-state index >= 15 is 0 Å². The minimum absolute atomic E-state index is 0.0216. The van der Waals surface area contributed by atoms with E-state index in [9.17, 15) is 18.0 Å². The first-order valence-electron chi connectivity index (χ1n) is 15.5. The minimum Gasteiger partial charge on any atom is -0.457 e. The van der Waals surface area contributed by atoms with Crippen molar-refractivity contribution in [2.75, 3.05) is 17.4 Å². The van der Waals surface area contributed by atoms with E-state index in [-0.39, 0.29) is 29.5 Å². The Balaban J connectivity index is 1.54. The molecule has 8 nitrogen and oxygen atoms in total. The van der Waals surface area contributed by atoms with Crippen LogP contribution >= 0.6 is 11.6 Å². The molecule has 246 valence electrons. The van der Waals surface area contributed by atoms with E-state index in [0.29, 0.717) is 28.6 Å². The van der Waals surface area contributed by atoms with Crippen LogP contribution in [0.15, 0.2) is 144 Å². The van der Waals surface area contributed by atoms with Gasteiger partial charge in [-0.2, -0.15) is 0 Å². The lowest BCUT2D eigenvalue weighted by Crippen LogP contribution is -2.53. The van der Waals surface area contributed by atoms with Crippen molar-refractivity contribution in [3.05, 3.63) is 156 Å². The van der Waals surface area contributed by atoms with Crippen molar-refractivity contribution in [3.8, 4) is 11.5 Å². The summed E-state index contributed by atoms with van der Waals surface area (Å²) < 4.78 is 35.4. The second kappa shape index (κ2) is 16.1. The molecule has 0 aliphatic carbocycles. The summed E-state index contributed by atoms with van der Waals surface area (Å²) in [6.07, 6.45) is 0.218. The summed E-state index contributed by atoms with van der Waals surface area (Å²) in [7, 11) is -4.23. The highest BCUT2D eigenvalue weighted by atomic mass is 35.5. The number of nitrogens with one attached hydrogen (secondary N) is 1. The average Bonchev–Trinajstić information content (AvgIpc) is 3.10. The van der Waals surface area contributed by atoms with Crippen LogP contribution in [0.3, 0.4) is 0 Å². The zero-order valence-electron chi connectivity index (χ0n) is 26.4. The molecule has 1 unspecified atom stereocenters. The molecule has 0 aromatic heterocycles. The Morgan fingerprint density at radius 2 is 1.33 bits per heavy atom. The van der Waals surface area contributed by atoms with E-state index in [2.05, 4.69) is 5.32 Å². The number of carbonyl (C=O) groups excluding carboxylic acids is 2. The van der Waals surface area contributed by atoms with Gasteiger partial charge in [0.05, 0.1) is 10.6 Å². The van der Waals surface area contributed by atoms with Gasteiger partial charge in [0.1, 0.15) is 24.1 Å². The number of nitrogens with zero attached hydrogens (tertiary/aromatic N) is 2. The Hall–Kier alpha value is -5.12. The molecule has 1 N–H and O–H groups in total. The van der Waals surface area contributed by atoms with Crippen LogP contribution in [0.1, 0.15) is 18.1 Å². The first-order chi connectivity index (χ1) is 23.2. The summed E-state index contributed by atoms with van der Waals surface area (Å²) >= 11 is 6.30. The third kappa shape index (κ3) is 8.82. The number of halogens is 1. The Bertz CT molecular complexity index is 1910. The molecule has 0 fully saturated rings. The highest BCUT2D eigenvalue weighted by molar-refractivity contribution is 7.92. The Morgan fingerprint density at radius 1 is 0.750 bits per heavy atom. The standard InChI is InChI=1S/C38H36ClN3O5S/c1-2-40-38(44)36(26-29-13-6-3-7-14-29)41(27-30-15-12-16-31(39)25-30)37(43)28-42(48(45,46)35-19-10-5-11-20-35)32-21-23-34(24-22-32)47-33-17-8-4-9-18-33/h3-25,36H,2,26-28H2,1H3,(H,40,44). The molecular formula is C38H36ClN3O5S. The highest BCUT2D eigenvalue weighted by Gasteiger charge is 2.34. The maximum atomic E-state index is 14.5. The fourth-order valence-electron chi connectivity index (χ4n) is 5.23. The maximum Gasteiger partial charge on any atom is 0.264 e. The van der Waals surface area contributed by atoms with Gasteiger partial charge in [0, 0.05) is 24.5 Å². The number of benzene rings is 5. The van der Waals surface area contributed by atoms with Crippen LogP contribution < -0.4 is 14.4 Å². The molecule has 2 amide bonds. The van der Waals surface area contributed by atoms with Crippen molar-refractivity contribution in [2.45, 2.75) is 30.8 Å². The summed E-state index contributed by atoms with van der Waals surface area (Å²) in [5, 5.41) is 3.34. The Labute approximate surface area is 286 Å². The van der Waals surface area contributed by atoms with Gasteiger partial charge >= 0.3 is 0 Å². The number of hydrogen-bond donors (Lipinski definition) is 1. The molecule has 0 aliphatic heterocycles. The zero-order valence-corrected chi connectivity index (χ0v) is 28.0. The minimum atomic E-state index is -4.23. The van der Waals surface area contributed by atoms with Gasteiger partial charge in [-0.1, -0.05) is 90.5 Å². The number of sulfonamides is 1. The number of carbonyl (C=O) groups is 2. The van der Waals surface area contributed by atoms with Crippen LogP contribution in [-0.4, -0.2) is 44.3 Å². The van der Waals surface area contributed by atoms with Crippen LogP contribution in [0.4, 0.5) is 5.69 Å². The quantitative estimate of drug-likeness (QED) is 0.135. The molecule has 0 heterocycles. The van der Waals surface area contributed by atoms with Gasteiger partial charge in [-0.05, 0) is 78.7 Å². The van der Waals surface area contributed by atoms with Crippen LogP contribution in [0.5, 0.6) is 11.5 Å². The second-order valence-corrected chi connectivity index (χ2v) is 13.3. The molecule has 0 spiro atoms. The van der Waals surface area contributed by atoms with Crippen molar-refractivity contribution in [3.63, 3.8) is 0 Å². The number of amides is 2. The van der Waals surface area contributed by atoms with E-state index in [4.69, 9.17) is 16.3 Å². The predicted molar refractivity (Wildman–Crippen MR) is 189 cm³/mol. The predicted octanol–water partition coefficient (Wildman–Crippen LogP) is 7.10. The molecule has 5 rings (SSSR count). The van der Waals surface area contributed by atoms with Crippen molar-refractivity contribution < 1.29 is 22.7 Å². The summed E-state index contributed by atoms with van der Waals surface area (Å²) in [4.78, 5) is 29.6. The monoisotopic (exact) mass is 681 g/mol. The summed E-state index contributed by atoms with van der Waals surface area (Å²) in [5.41, 5.74) is 1.80. The molecule has 0 saturated heterocycles. The number of hydrogen-bond acceptors (Lipinski definition) is 5. The number of anilines is 1. The first-order valence-corrected chi connectivity index (χ1v) is 17.3. The Kier molecular flexibility index (Phi) is 11.5. The van der Waals surface area contributed by atoms with E-state index in [1.807, 2.05) is 66.7 Å². The van der Waals surface area contributed by atoms with Crippen LogP contribution in [0, 0.1) is 0 Å². The molecule has 0 radical (unpaired) electrons. The fraction of sp³-hybridized carbons (Fsp3) is 0.158. The van der Waals surface area contributed by atoms with E-state index in [1.165, 1.54) is 17.0 Å². The molecule has 5 aromatic rings. The normalized spacial score (nSPS) is 11.7. The highest BCUT2D eigenvalue weighted by Crippen LogP contribution is 2.29. The number of likely N-dealkylation sites (N-methyl/N-ethyl adjacent to an activating group) is 1. The van der Waals surface area contributed by atoms with Crippen molar-refractivity contribution in [2.24, 2.45) is 0 Å². The third-order valence-electron chi connectivity index (χ3n) is 7.58. The third-order valence-corrected chi connectivity index (χ3v) is 9.60. The first kappa shape index (κ1) is 34.2. The van der Waals surface area contributed by atoms with Gasteiger partial charge in [-0.3, -0.25) is 13.9 Å². The number of rotatable bonds is 14. The fourth-order valence-corrected chi connectivity index (χ4v) is 6.88. The van der Waals surface area contributed by atoms with Crippen molar-refractivity contribution >= 4 is 39.1 Å². The Morgan fingerprint density at radius 3 is 1.96 bits per heavy atom. The maximum absolute atomic E-state index is 14.5. The van der Waals surface area contributed by atoms with Gasteiger partial charge < -0.3 is 15.0 Å². The van der Waals surface area contributed by atoms with Crippen LogP contribution in [0.25, 0.3) is 0 Å². The topological polar surface area (TPSA) is 96.0 Å². The van der Waals surface area contributed by atoms with E-state index in [1.54, 1.807) is 67.6 Å². The SMILES string of the molecule is CCNC(=O)C(Cc1ccccc1)N(Cc1cccc(Cl)c1)C(=O)CN(c1ccc(Oc2ccccc2)cc1)S(=O)(=O)c1ccccc1. The van der Waals surface area contributed by atoms with Crippen molar-refractivity contribution in [1.82, 2.24) is 10.2 Å². The van der Waals surface area contributed by atoms with Crippen molar-refractivity contribution in [1.29, 1.82) is 0 Å². The number of ether oxygens (including phenoxy) is 1. The van der Waals surface area contributed by atoms with Gasteiger partial charge in [0.25, 0.3) is 10.0 Å². The lowest BCUT2D eigenvalue weighted by Gasteiger charge is -2.34. The largest absolute Gasteiger partial charge is 0.457 e. The summed E-state index contributed by atoms with van der Waals surface area (Å²) in [6.45, 7) is 1.62. The smallest absolute Gasteiger partial charge is 0.264 e.